The second-order valence-electron chi connectivity index (χ2n) is 3.26. The van der Waals surface area contributed by atoms with Crippen molar-refractivity contribution in [2.75, 3.05) is 21.1 Å². The lowest BCUT2D eigenvalue weighted by Gasteiger charge is -2.31. The van der Waals surface area contributed by atoms with Crippen molar-refractivity contribution in [3.63, 3.8) is 0 Å². The maximum Gasteiger partial charge on any atom is 0.432 e. The summed E-state index contributed by atoms with van der Waals surface area (Å²) in [7, 11) is 4.35. The molecule has 0 atom stereocenters. The summed E-state index contributed by atoms with van der Waals surface area (Å²) >= 11 is 0. The maximum atomic E-state index is 11.3. The van der Waals surface area contributed by atoms with Gasteiger partial charge in [0, 0.05) is 7.05 Å². The fourth-order valence-corrected chi connectivity index (χ4v) is 1.03. The Morgan fingerprint density at radius 3 is 2.25 bits per heavy atom. The van der Waals surface area contributed by atoms with Gasteiger partial charge in [-0.3, -0.25) is 4.79 Å². The van der Waals surface area contributed by atoms with E-state index in [4.69, 9.17) is 0 Å². The standard InChI is InChI=1S/C7H11N2O3/c1-8-5(10)4-6(11)9(2,3)7(8)12/h4H2,1-3H3/q+1. The van der Waals surface area contributed by atoms with Crippen molar-refractivity contribution in [3.05, 3.63) is 0 Å². The average Bonchev–Trinajstić information content (AvgIpc) is 1.99. The molecule has 0 N–H and O–H groups in total. The first-order valence-corrected chi connectivity index (χ1v) is 3.56. The number of imide groups is 2. The number of barbiturate groups is 1. The SMILES string of the molecule is CN1C(=O)CC(=O)[N+](C)(C)C1=O. The average molecular weight is 171 g/mol. The van der Waals surface area contributed by atoms with Crippen LogP contribution < -0.4 is 0 Å². The second kappa shape index (κ2) is 2.38. The van der Waals surface area contributed by atoms with Gasteiger partial charge in [-0.25, -0.2) is 14.5 Å². The molecule has 0 aromatic rings. The van der Waals surface area contributed by atoms with Crippen molar-refractivity contribution in [1.82, 2.24) is 4.90 Å². The van der Waals surface area contributed by atoms with Crippen LogP contribution in [0, 0.1) is 0 Å². The van der Waals surface area contributed by atoms with E-state index in [0.717, 1.165) is 4.90 Å². The van der Waals surface area contributed by atoms with Crippen molar-refractivity contribution in [2.45, 2.75) is 6.42 Å². The molecule has 1 aliphatic heterocycles. The van der Waals surface area contributed by atoms with Crippen LogP contribution in [-0.2, 0) is 9.59 Å². The maximum absolute atomic E-state index is 11.3. The van der Waals surface area contributed by atoms with E-state index in [1.807, 2.05) is 0 Å². The summed E-state index contributed by atoms with van der Waals surface area (Å²) in [4.78, 5) is 34.5. The van der Waals surface area contributed by atoms with E-state index in [1.54, 1.807) is 0 Å². The normalized spacial score (nSPS) is 23.2. The first-order valence-electron chi connectivity index (χ1n) is 3.56. The molecule has 12 heavy (non-hydrogen) atoms. The summed E-state index contributed by atoms with van der Waals surface area (Å²) in [6.07, 6.45) is -0.185. The third-order valence-corrected chi connectivity index (χ3v) is 2.07. The molecule has 0 unspecified atom stereocenters. The lowest BCUT2D eigenvalue weighted by Crippen LogP contribution is -2.62. The lowest BCUT2D eigenvalue weighted by atomic mass is 10.2. The summed E-state index contributed by atoms with van der Waals surface area (Å²) in [6.45, 7) is 0. The Morgan fingerprint density at radius 2 is 1.75 bits per heavy atom. The van der Waals surface area contributed by atoms with E-state index < -0.39 is 11.9 Å². The van der Waals surface area contributed by atoms with Gasteiger partial charge < -0.3 is 0 Å². The molecule has 1 aliphatic rings. The highest BCUT2D eigenvalue weighted by molar-refractivity contribution is 6.07. The van der Waals surface area contributed by atoms with Crippen LogP contribution in [0.15, 0.2) is 0 Å². The number of quaternary nitrogens is 1. The van der Waals surface area contributed by atoms with Gasteiger partial charge in [-0.05, 0) is 0 Å². The molecule has 5 nitrogen and oxygen atoms in total. The van der Waals surface area contributed by atoms with Crippen LogP contribution in [0.25, 0.3) is 0 Å². The van der Waals surface area contributed by atoms with Gasteiger partial charge in [0.25, 0.3) is 0 Å². The van der Waals surface area contributed by atoms with Crippen LogP contribution in [-0.4, -0.2) is 48.4 Å². The third kappa shape index (κ3) is 1.02. The quantitative estimate of drug-likeness (QED) is 0.367. The second-order valence-corrected chi connectivity index (χ2v) is 3.26. The molecule has 0 bridgehead atoms. The van der Waals surface area contributed by atoms with Crippen molar-refractivity contribution in [1.29, 1.82) is 0 Å². The molecule has 0 aromatic carbocycles. The van der Waals surface area contributed by atoms with Crippen LogP contribution >= 0.6 is 0 Å². The molecular weight excluding hydrogens is 160 g/mol. The Balaban J connectivity index is 3.04. The number of carbonyl (C=O) groups is 3. The van der Waals surface area contributed by atoms with Crippen molar-refractivity contribution in [3.8, 4) is 0 Å². The molecule has 1 fully saturated rings. The summed E-state index contributed by atoms with van der Waals surface area (Å²) < 4.78 is -0.373. The number of amides is 4. The number of carbonyl (C=O) groups excluding carboxylic acids is 3. The zero-order chi connectivity index (χ0) is 9.52. The molecule has 1 heterocycles. The zero-order valence-electron chi connectivity index (χ0n) is 7.33. The predicted octanol–water partition coefficient (Wildman–Crippen LogP) is -0.429. The van der Waals surface area contributed by atoms with Crippen molar-refractivity contribution >= 4 is 17.8 Å². The monoisotopic (exact) mass is 171 g/mol. The van der Waals surface area contributed by atoms with Crippen LogP contribution in [0.4, 0.5) is 4.79 Å². The van der Waals surface area contributed by atoms with E-state index in [9.17, 15) is 14.4 Å². The molecule has 66 valence electrons. The van der Waals surface area contributed by atoms with Crippen LogP contribution in [0.1, 0.15) is 6.42 Å². The first-order chi connectivity index (χ1) is 5.37. The Hall–Kier alpha value is -1.23. The Bertz CT molecular complexity index is 270. The van der Waals surface area contributed by atoms with Gasteiger partial charge in [-0.2, -0.15) is 4.48 Å². The fourth-order valence-electron chi connectivity index (χ4n) is 1.03. The van der Waals surface area contributed by atoms with Gasteiger partial charge in [-0.15, -0.1) is 0 Å². The highest BCUT2D eigenvalue weighted by Gasteiger charge is 2.46. The van der Waals surface area contributed by atoms with E-state index in [2.05, 4.69) is 0 Å². The van der Waals surface area contributed by atoms with Crippen molar-refractivity contribution in [2.24, 2.45) is 0 Å². The van der Waals surface area contributed by atoms with E-state index in [1.165, 1.54) is 21.1 Å². The molecule has 0 radical (unpaired) electrons. The number of rotatable bonds is 0. The molecule has 0 aromatic heterocycles. The molecule has 5 heteroatoms. The van der Waals surface area contributed by atoms with E-state index >= 15 is 0 Å². The summed E-state index contributed by atoms with van der Waals surface area (Å²) in [5.41, 5.74) is 0. The Kier molecular flexibility index (Phi) is 1.76. The first kappa shape index (κ1) is 8.86. The molecule has 0 saturated carbocycles. The molecule has 1 saturated heterocycles. The topological polar surface area (TPSA) is 54.5 Å². The molecular formula is C7H11N2O3+. The zero-order valence-corrected chi connectivity index (χ0v) is 7.33. The van der Waals surface area contributed by atoms with Crippen LogP contribution in [0.5, 0.6) is 0 Å². The Labute approximate surface area is 70.1 Å². The highest BCUT2D eigenvalue weighted by Crippen LogP contribution is 2.14. The minimum atomic E-state index is -0.476. The molecule has 4 amide bonds. The van der Waals surface area contributed by atoms with Crippen LogP contribution in [0.2, 0.25) is 0 Å². The molecule has 0 aliphatic carbocycles. The third-order valence-electron chi connectivity index (χ3n) is 2.07. The number of nitrogens with zero attached hydrogens (tertiary/aromatic N) is 2. The summed E-state index contributed by atoms with van der Waals surface area (Å²) in [5.74, 6) is -0.787. The van der Waals surface area contributed by atoms with E-state index in [0.29, 0.717) is 0 Å². The lowest BCUT2D eigenvalue weighted by molar-refractivity contribution is -0.734. The van der Waals surface area contributed by atoms with Gasteiger partial charge in [-0.1, -0.05) is 0 Å². The van der Waals surface area contributed by atoms with Crippen molar-refractivity contribution < 1.29 is 18.9 Å². The van der Waals surface area contributed by atoms with Gasteiger partial charge >= 0.3 is 11.9 Å². The van der Waals surface area contributed by atoms with Gasteiger partial charge in [0.1, 0.15) is 6.42 Å². The highest BCUT2D eigenvalue weighted by atomic mass is 16.2. The molecule has 0 spiro atoms. The number of hydrogen-bond acceptors (Lipinski definition) is 3. The number of urea groups is 1. The predicted molar refractivity (Wildman–Crippen MR) is 39.9 cm³/mol. The summed E-state index contributed by atoms with van der Waals surface area (Å²) in [5, 5.41) is 0. The largest absolute Gasteiger partial charge is 0.432 e. The van der Waals surface area contributed by atoms with Gasteiger partial charge in [0.05, 0.1) is 14.1 Å². The van der Waals surface area contributed by atoms with Crippen LogP contribution in [0.3, 0.4) is 0 Å². The summed E-state index contributed by atoms with van der Waals surface area (Å²) in [6, 6.07) is -0.476. The minimum Gasteiger partial charge on any atom is -0.273 e. The molecule has 1 rings (SSSR count). The smallest absolute Gasteiger partial charge is 0.273 e. The Morgan fingerprint density at radius 1 is 1.25 bits per heavy atom. The fraction of sp³-hybridized carbons (Fsp3) is 0.571. The van der Waals surface area contributed by atoms with Gasteiger partial charge in [0.2, 0.25) is 5.91 Å². The number of hydrogen-bond donors (Lipinski definition) is 0. The van der Waals surface area contributed by atoms with E-state index in [-0.39, 0.29) is 16.8 Å². The van der Waals surface area contributed by atoms with Gasteiger partial charge in [0.15, 0.2) is 0 Å². The minimum absolute atomic E-state index is 0.185.